The molecular weight excluding hydrogens is 324 g/mol. The highest BCUT2D eigenvalue weighted by Gasteiger charge is 2.22. The molecule has 1 N–H and O–H groups in total. The van der Waals surface area contributed by atoms with Gasteiger partial charge >= 0.3 is 0 Å². The SMILES string of the molecule is CN(C)C(=O)CNC(=O)c1ccc(N2CCCCCC2)c([N+](=O)[O-])c1. The second kappa shape index (κ2) is 8.46. The number of nitrogens with one attached hydrogen (secondary N) is 1. The molecule has 1 aromatic rings. The van der Waals surface area contributed by atoms with E-state index in [1.165, 1.54) is 11.0 Å². The monoisotopic (exact) mass is 348 g/mol. The van der Waals surface area contributed by atoms with Crippen molar-refractivity contribution in [3.8, 4) is 0 Å². The number of benzene rings is 1. The molecule has 0 atom stereocenters. The maximum Gasteiger partial charge on any atom is 0.293 e. The molecule has 136 valence electrons. The van der Waals surface area contributed by atoms with E-state index in [1.807, 2.05) is 4.90 Å². The first-order chi connectivity index (χ1) is 11.9. The van der Waals surface area contributed by atoms with Gasteiger partial charge in [-0.1, -0.05) is 12.8 Å². The number of nitro benzene ring substituents is 1. The Kier molecular flexibility index (Phi) is 6.32. The van der Waals surface area contributed by atoms with Crippen LogP contribution in [0.4, 0.5) is 11.4 Å². The van der Waals surface area contributed by atoms with Crippen LogP contribution in [0.25, 0.3) is 0 Å². The third-order valence-electron chi connectivity index (χ3n) is 4.28. The number of anilines is 1. The summed E-state index contributed by atoms with van der Waals surface area (Å²) in [5.41, 5.74) is 0.651. The summed E-state index contributed by atoms with van der Waals surface area (Å²) in [4.78, 5) is 38.1. The second-order valence-electron chi connectivity index (χ2n) is 6.33. The third kappa shape index (κ3) is 4.91. The van der Waals surface area contributed by atoms with E-state index in [-0.39, 0.29) is 23.7 Å². The number of nitrogens with zero attached hydrogens (tertiary/aromatic N) is 3. The van der Waals surface area contributed by atoms with Crippen molar-refractivity contribution in [3.63, 3.8) is 0 Å². The Morgan fingerprint density at radius 1 is 1.20 bits per heavy atom. The van der Waals surface area contributed by atoms with Crippen molar-refractivity contribution in [3.05, 3.63) is 33.9 Å². The predicted octanol–water partition coefficient (Wildman–Crippen LogP) is 1.79. The smallest absolute Gasteiger partial charge is 0.293 e. The van der Waals surface area contributed by atoms with Crippen LogP contribution in [-0.2, 0) is 4.79 Å². The van der Waals surface area contributed by atoms with Crippen LogP contribution >= 0.6 is 0 Å². The van der Waals surface area contributed by atoms with Gasteiger partial charge in [-0.25, -0.2) is 0 Å². The van der Waals surface area contributed by atoms with Gasteiger partial charge in [-0.3, -0.25) is 19.7 Å². The molecule has 0 aliphatic carbocycles. The first-order valence-electron chi connectivity index (χ1n) is 8.42. The van der Waals surface area contributed by atoms with E-state index in [9.17, 15) is 19.7 Å². The molecule has 1 aliphatic heterocycles. The fourth-order valence-electron chi connectivity index (χ4n) is 2.81. The zero-order valence-electron chi connectivity index (χ0n) is 14.7. The van der Waals surface area contributed by atoms with Gasteiger partial charge < -0.3 is 15.1 Å². The largest absolute Gasteiger partial charge is 0.366 e. The van der Waals surface area contributed by atoms with Crippen molar-refractivity contribution < 1.29 is 14.5 Å². The minimum atomic E-state index is -0.499. The number of carbonyl (C=O) groups is 2. The van der Waals surface area contributed by atoms with E-state index < -0.39 is 10.8 Å². The molecular formula is C17H24N4O4. The molecule has 1 heterocycles. The summed E-state index contributed by atoms with van der Waals surface area (Å²) >= 11 is 0. The van der Waals surface area contributed by atoms with Crippen LogP contribution in [0.3, 0.4) is 0 Å². The quantitative estimate of drug-likeness (QED) is 0.646. The number of hydrogen-bond acceptors (Lipinski definition) is 5. The molecule has 0 bridgehead atoms. The van der Waals surface area contributed by atoms with Crippen LogP contribution in [0.1, 0.15) is 36.0 Å². The Hall–Kier alpha value is -2.64. The van der Waals surface area contributed by atoms with E-state index in [0.717, 1.165) is 38.8 Å². The summed E-state index contributed by atoms with van der Waals surface area (Å²) in [5, 5.41) is 14.0. The normalized spacial score (nSPS) is 14.6. The molecule has 0 spiro atoms. The second-order valence-corrected chi connectivity index (χ2v) is 6.33. The highest BCUT2D eigenvalue weighted by atomic mass is 16.6. The summed E-state index contributed by atoms with van der Waals surface area (Å²) in [5.74, 6) is -0.746. The molecule has 8 heteroatoms. The molecule has 1 aromatic carbocycles. The van der Waals surface area contributed by atoms with Gasteiger partial charge in [0.05, 0.1) is 11.5 Å². The number of amides is 2. The van der Waals surface area contributed by atoms with Crippen LogP contribution in [0.5, 0.6) is 0 Å². The highest BCUT2D eigenvalue weighted by molar-refractivity contribution is 5.97. The maximum absolute atomic E-state index is 12.2. The fourth-order valence-corrected chi connectivity index (χ4v) is 2.81. The summed E-state index contributed by atoms with van der Waals surface area (Å²) in [6.07, 6.45) is 4.27. The van der Waals surface area contributed by atoms with Crippen LogP contribution in [-0.4, -0.2) is 55.4 Å². The molecule has 25 heavy (non-hydrogen) atoms. The van der Waals surface area contributed by atoms with Gasteiger partial charge in [0.2, 0.25) is 5.91 Å². The van der Waals surface area contributed by atoms with Gasteiger partial charge in [-0.15, -0.1) is 0 Å². The molecule has 0 saturated carbocycles. The summed E-state index contributed by atoms with van der Waals surface area (Å²) in [6.45, 7) is 1.42. The van der Waals surface area contributed by atoms with Gasteiger partial charge in [0.15, 0.2) is 0 Å². The third-order valence-corrected chi connectivity index (χ3v) is 4.28. The van der Waals surface area contributed by atoms with Crippen molar-refractivity contribution in [2.24, 2.45) is 0 Å². The summed E-state index contributed by atoms with van der Waals surface area (Å²) in [7, 11) is 3.19. The lowest BCUT2D eigenvalue weighted by molar-refractivity contribution is -0.384. The van der Waals surface area contributed by atoms with Crippen molar-refractivity contribution in [1.29, 1.82) is 0 Å². The molecule has 0 radical (unpaired) electrons. The minimum Gasteiger partial charge on any atom is -0.366 e. The topological polar surface area (TPSA) is 95.8 Å². The number of hydrogen-bond donors (Lipinski definition) is 1. The van der Waals surface area contributed by atoms with E-state index in [2.05, 4.69) is 5.32 Å². The first kappa shape index (κ1) is 18.7. The Labute approximate surface area is 146 Å². The van der Waals surface area contributed by atoms with E-state index in [4.69, 9.17) is 0 Å². The lowest BCUT2D eigenvalue weighted by atomic mass is 10.1. The van der Waals surface area contributed by atoms with Crippen LogP contribution < -0.4 is 10.2 Å². The molecule has 2 amide bonds. The Balaban J connectivity index is 2.18. The van der Waals surface area contributed by atoms with E-state index in [0.29, 0.717) is 5.69 Å². The van der Waals surface area contributed by atoms with Crippen molar-refractivity contribution >= 4 is 23.2 Å². The zero-order valence-corrected chi connectivity index (χ0v) is 14.7. The number of carbonyl (C=O) groups excluding carboxylic acids is 2. The Bertz CT molecular complexity index is 652. The van der Waals surface area contributed by atoms with Gasteiger partial charge in [-0.05, 0) is 25.0 Å². The average molecular weight is 348 g/mol. The van der Waals surface area contributed by atoms with Crippen LogP contribution in [0.2, 0.25) is 0 Å². The number of rotatable bonds is 5. The molecule has 2 rings (SSSR count). The highest BCUT2D eigenvalue weighted by Crippen LogP contribution is 2.31. The van der Waals surface area contributed by atoms with Gasteiger partial charge in [-0.2, -0.15) is 0 Å². The van der Waals surface area contributed by atoms with Gasteiger partial charge in [0.1, 0.15) is 5.69 Å². The average Bonchev–Trinajstić information content (AvgIpc) is 2.87. The van der Waals surface area contributed by atoms with Crippen LogP contribution in [0, 0.1) is 10.1 Å². The van der Waals surface area contributed by atoms with Crippen molar-refractivity contribution in [2.45, 2.75) is 25.7 Å². The standard InChI is InChI=1S/C17H24N4O4/c1-19(2)16(22)12-18-17(23)13-7-8-14(15(11-13)21(24)25)20-9-5-3-4-6-10-20/h7-8,11H,3-6,9-10,12H2,1-2H3,(H,18,23). The lowest BCUT2D eigenvalue weighted by Crippen LogP contribution is -2.36. The Morgan fingerprint density at radius 3 is 2.40 bits per heavy atom. The molecule has 0 aromatic heterocycles. The maximum atomic E-state index is 12.2. The molecule has 1 fully saturated rings. The summed E-state index contributed by atoms with van der Waals surface area (Å²) in [6, 6.07) is 4.49. The molecule has 0 unspecified atom stereocenters. The number of nitro groups is 1. The molecule has 8 nitrogen and oxygen atoms in total. The summed E-state index contributed by atoms with van der Waals surface area (Å²) < 4.78 is 0. The Morgan fingerprint density at radius 2 is 1.84 bits per heavy atom. The fraction of sp³-hybridized carbons (Fsp3) is 0.529. The minimum absolute atomic E-state index is 0.0755. The molecule has 1 aliphatic rings. The van der Waals surface area contributed by atoms with E-state index >= 15 is 0 Å². The van der Waals surface area contributed by atoms with E-state index in [1.54, 1.807) is 26.2 Å². The van der Waals surface area contributed by atoms with Gasteiger partial charge in [0.25, 0.3) is 11.6 Å². The van der Waals surface area contributed by atoms with Crippen LogP contribution in [0.15, 0.2) is 18.2 Å². The first-order valence-corrected chi connectivity index (χ1v) is 8.42. The lowest BCUT2D eigenvalue weighted by Gasteiger charge is -2.22. The zero-order chi connectivity index (χ0) is 18.4. The molecule has 1 saturated heterocycles. The van der Waals surface area contributed by atoms with Crippen molar-refractivity contribution in [2.75, 3.05) is 38.6 Å². The number of likely N-dealkylation sites (N-methyl/N-ethyl adjacent to an activating group) is 1. The van der Waals surface area contributed by atoms with Gasteiger partial charge in [0, 0.05) is 38.8 Å². The predicted molar refractivity (Wildman–Crippen MR) is 94.8 cm³/mol. The van der Waals surface area contributed by atoms with Crippen molar-refractivity contribution in [1.82, 2.24) is 10.2 Å².